The number of nitrogens with one attached hydrogen (secondary N) is 2. The van der Waals surface area contributed by atoms with E-state index >= 15 is 0 Å². The molecule has 7 aromatic rings. The zero-order valence-corrected chi connectivity index (χ0v) is 31.2. The number of hydrogen-bond donors (Lipinski definition) is 3. The fourth-order valence-electron chi connectivity index (χ4n) is 5.90. The van der Waals surface area contributed by atoms with Gasteiger partial charge in [-0.2, -0.15) is 0 Å². The van der Waals surface area contributed by atoms with Crippen LogP contribution >= 0.6 is 34.0 Å². The van der Waals surface area contributed by atoms with Crippen molar-refractivity contribution in [2.75, 3.05) is 36.6 Å². The number of aromatic nitrogens is 6. The Morgan fingerprint density at radius 2 is 1.30 bits per heavy atom. The average molecular weight is 724 g/mol. The fourth-order valence-corrected chi connectivity index (χ4v) is 8.98. The van der Waals surface area contributed by atoms with Crippen LogP contribution in [0.4, 0.5) is 17.5 Å². The van der Waals surface area contributed by atoms with E-state index in [0.717, 1.165) is 98.3 Å². The van der Waals surface area contributed by atoms with Gasteiger partial charge in [-0.05, 0) is 49.1 Å². The Balaban J connectivity index is 1.00. The first-order valence-corrected chi connectivity index (χ1v) is 19.5. The monoisotopic (exact) mass is 723 g/mol. The molecule has 50 heavy (non-hydrogen) atoms. The smallest absolute Gasteiger partial charge is 0.138 e. The third-order valence-corrected chi connectivity index (χ3v) is 11.5. The molecule has 0 unspecified atom stereocenters. The molecule has 0 atom stereocenters. The molecule has 4 N–H and O–H groups in total. The Hall–Kier alpha value is -4.30. The maximum absolute atomic E-state index is 6.21. The SMILES string of the molecule is CCc1nc(N)c2cc(Cc3ccc(CNc4nc(CC)nc5sc(CCCc6nc(NCCOC)c7cc(C)sc7n6)cc45)cc3)sc2n1. The van der Waals surface area contributed by atoms with Crippen molar-refractivity contribution < 1.29 is 4.74 Å². The van der Waals surface area contributed by atoms with E-state index in [0.29, 0.717) is 25.5 Å². The van der Waals surface area contributed by atoms with Crippen LogP contribution in [0, 0.1) is 6.92 Å². The number of hydrogen-bond acceptors (Lipinski definition) is 13. The van der Waals surface area contributed by atoms with Gasteiger partial charge in [0.2, 0.25) is 0 Å². The summed E-state index contributed by atoms with van der Waals surface area (Å²) >= 11 is 5.16. The maximum atomic E-state index is 6.21. The highest BCUT2D eigenvalue weighted by Gasteiger charge is 2.15. The number of nitrogens with zero attached hydrogens (tertiary/aromatic N) is 6. The van der Waals surface area contributed by atoms with Crippen LogP contribution in [0.25, 0.3) is 30.6 Å². The van der Waals surface area contributed by atoms with Crippen LogP contribution in [-0.2, 0) is 43.4 Å². The summed E-state index contributed by atoms with van der Waals surface area (Å²) in [6.45, 7) is 8.28. The lowest BCUT2D eigenvalue weighted by atomic mass is 10.1. The van der Waals surface area contributed by atoms with Gasteiger partial charge in [0.25, 0.3) is 0 Å². The van der Waals surface area contributed by atoms with Gasteiger partial charge in [0.05, 0.1) is 22.8 Å². The van der Waals surface area contributed by atoms with Crippen molar-refractivity contribution in [3.05, 3.63) is 85.7 Å². The zero-order valence-electron chi connectivity index (χ0n) is 28.8. The number of nitrogen functional groups attached to an aromatic ring is 1. The Morgan fingerprint density at radius 1 is 0.680 bits per heavy atom. The number of benzene rings is 1. The molecular weight excluding hydrogens is 683 g/mol. The Morgan fingerprint density at radius 3 is 2.08 bits per heavy atom. The van der Waals surface area contributed by atoms with Gasteiger partial charge in [-0.15, -0.1) is 34.0 Å². The van der Waals surface area contributed by atoms with Crippen molar-refractivity contribution in [3.63, 3.8) is 0 Å². The third-order valence-electron chi connectivity index (χ3n) is 8.49. The number of aryl methyl sites for hydroxylation is 5. The second-order valence-corrected chi connectivity index (χ2v) is 15.7. The van der Waals surface area contributed by atoms with Crippen molar-refractivity contribution in [1.29, 1.82) is 0 Å². The number of methoxy groups -OCH3 is 1. The summed E-state index contributed by atoms with van der Waals surface area (Å²) < 4.78 is 5.23. The lowest BCUT2D eigenvalue weighted by Gasteiger charge is -2.09. The summed E-state index contributed by atoms with van der Waals surface area (Å²) in [4.78, 5) is 35.4. The van der Waals surface area contributed by atoms with Crippen LogP contribution in [0.2, 0.25) is 0 Å². The fraction of sp³-hybridized carbons (Fsp3) is 0.351. The second-order valence-electron chi connectivity index (χ2n) is 12.3. The second kappa shape index (κ2) is 15.3. The predicted octanol–water partition coefficient (Wildman–Crippen LogP) is 8.15. The maximum Gasteiger partial charge on any atom is 0.138 e. The van der Waals surface area contributed by atoms with Crippen molar-refractivity contribution in [2.24, 2.45) is 0 Å². The van der Waals surface area contributed by atoms with E-state index in [-0.39, 0.29) is 0 Å². The van der Waals surface area contributed by atoms with Crippen LogP contribution < -0.4 is 16.4 Å². The molecule has 0 aliphatic heterocycles. The van der Waals surface area contributed by atoms with Crippen LogP contribution in [0.1, 0.15) is 63.5 Å². The molecule has 0 spiro atoms. The lowest BCUT2D eigenvalue weighted by molar-refractivity contribution is 0.210. The first kappa shape index (κ1) is 34.2. The van der Waals surface area contributed by atoms with Gasteiger partial charge in [-0.1, -0.05) is 38.1 Å². The van der Waals surface area contributed by atoms with Gasteiger partial charge in [-0.25, -0.2) is 29.9 Å². The lowest BCUT2D eigenvalue weighted by Crippen LogP contribution is -2.10. The molecule has 0 saturated heterocycles. The Labute approximate surface area is 303 Å². The minimum atomic E-state index is 0.566. The van der Waals surface area contributed by atoms with E-state index in [4.69, 9.17) is 30.4 Å². The average Bonchev–Trinajstić information content (AvgIpc) is 3.83. The molecule has 258 valence electrons. The van der Waals surface area contributed by atoms with Gasteiger partial charge in [0, 0.05) is 60.5 Å². The van der Waals surface area contributed by atoms with Crippen LogP contribution in [0.15, 0.2) is 42.5 Å². The van der Waals surface area contributed by atoms with E-state index in [1.807, 2.05) is 6.92 Å². The van der Waals surface area contributed by atoms with E-state index in [2.05, 4.69) is 76.9 Å². The van der Waals surface area contributed by atoms with Gasteiger partial charge < -0.3 is 21.1 Å². The molecule has 0 bridgehead atoms. The van der Waals surface area contributed by atoms with Gasteiger partial charge in [0.1, 0.15) is 49.4 Å². The highest BCUT2D eigenvalue weighted by molar-refractivity contribution is 7.19. The molecule has 6 heterocycles. The molecule has 0 amide bonds. The number of rotatable bonds is 15. The molecular formula is C37H41N9OS3. The van der Waals surface area contributed by atoms with E-state index in [9.17, 15) is 0 Å². The highest BCUT2D eigenvalue weighted by Crippen LogP contribution is 2.33. The summed E-state index contributed by atoms with van der Waals surface area (Å²) in [5.41, 5.74) is 8.65. The van der Waals surface area contributed by atoms with Gasteiger partial charge in [0.15, 0.2) is 0 Å². The first-order chi connectivity index (χ1) is 24.4. The number of nitrogens with two attached hydrogens (primary N) is 1. The summed E-state index contributed by atoms with van der Waals surface area (Å²) in [7, 11) is 1.71. The minimum absolute atomic E-state index is 0.566. The zero-order chi connectivity index (χ0) is 34.6. The van der Waals surface area contributed by atoms with Crippen LogP contribution in [0.3, 0.4) is 0 Å². The van der Waals surface area contributed by atoms with Crippen LogP contribution in [-0.4, -0.2) is 50.2 Å². The minimum Gasteiger partial charge on any atom is -0.383 e. The molecule has 13 heteroatoms. The number of anilines is 3. The quantitative estimate of drug-likeness (QED) is 0.0889. The van der Waals surface area contributed by atoms with Crippen molar-refractivity contribution in [3.8, 4) is 0 Å². The van der Waals surface area contributed by atoms with Crippen molar-refractivity contribution >= 4 is 82.1 Å². The molecule has 0 aliphatic rings. The Bertz CT molecular complexity index is 2260. The largest absolute Gasteiger partial charge is 0.383 e. The summed E-state index contributed by atoms with van der Waals surface area (Å²) in [5, 5.41) is 10.2. The number of thiophene rings is 3. The predicted molar refractivity (Wildman–Crippen MR) is 209 cm³/mol. The Kier molecular flexibility index (Phi) is 10.5. The molecule has 0 aliphatic carbocycles. The summed E-state index contributed by atoms with van der Waals surface area (Å²) in [6, 6.07) is 15.3. The standard InChI is InChI=1S/C37H41N9OS3/c1-5-29-41-32(38)26-19-25(50-35(26)44-29)17-22-10-12-23(13-11-22)20-40-34-28-18-24(49-37(28)45-30(6-2)42-34)8-7-9-31-43-33(39-14-15-47-4)27-16-21(3)48-36(27)46-31/h10-13,16,18-19H,5-9,14-15,17,20H2,1-4H3,(H2,38,41,44)(H,39,43,46)(H,40,42,45). The number of ether oxygens (including phenoxy) is 1. The summed E-state index contributed by atoms with van der Waals surface area (Å²) in [5.74, 6) is 4.86. The highest BCUT2D eigenvalue weighted by atomic mass is 32.1. The normalized spacial score (nSPS) is 11.7. The van der Waals surface area contributed by atoms with Crippen LogP contribution in [0.5, 0.6) is 0 Å². The topological polar surface area (TPSA) is 137 Å². The van der Waals surface area contributed by atoms with Gasteiger partial charge >= 0.3 is 0 Å². The molecule has 0 fully saturated rings. The van der Waals surface area contributed by atoms with Crippen molar-refractivity contribution in [1.82, 2.24) is 29.9 Å². The van der Waals surface area contributed by atoms with Crippen molar-refractivity contribution in [2.45, 2.75) is 65.8 Å². The number of fused-ring (bicyclic) bond motifs is 3. The molecule has 0 saturated carbocycles. The molecule has 7 rings (SSSR count). The van der Waals surface area contributed by atoms with E-state index < -0.39 is 0 Å². The third kappa shape index (κ3) is 7.70. The molecule has 10 nitrogen and oxygen atoms in total. The van der Waals surface area contributed by atoms with E-state index in [1.54, 1.807) is 41.1 Å². The summed E-state index contributed by atoms with van der Waals surface area (Å²) in [6.07, 6.45) is 5.07. The molecule has 0 radical (unpaired) electrons. The molecule has 1 aromatic carbocycles. The van der Waals surface area contributed by atoms with E-state index in [1.165, 1.54) is 25.8 Å². The first-order valence-electron chi connectivity index (χ1n) is 17.0. The van der Waals surface area contributed by atoms with Gasteiger partial charge in [-0.3, -0.25) is 0 Å². The molecule has 6 aromatic heterocycles.